The highest BCUT2D eigenvalue weighted by Crippen LogP contribution is 2.33. The number of nitrogens with zero attached hydrogens (tertiary/aromatic N) is 1. The Morgan fingerprint density at radius 1 is 1.26 bits per heavy atom. The molecule has 0 aromatic heterocycles. The molecule has 2 fully saturated rings. The molecule has 2 saturated heterocycles. The summed E-state index contributed by atoms with van der Waals surface area (Å²) in [5, 5.41) is 13.0. The predicted molar refractivity (Wildman–Crippen MR) is 82.6 cm³/mol. The van der Waals surface area contributed by atoms with Crippen LogP contribution in [0.25, 0.3) is 0 Å². The molecule has 0 aliphatic carbocycles. The van der Waals surface area contributed by atoms with Crippen LogP contribution in [0.3, 0.4) is 0 Å². The number of hydrogen-bond acceptors (Lipinski definition) is 5. The summed E-state index contributed by atoms with van der Waals surface area (Å²) >= 11 is 5.83. The summed E-state index contributed by atoms with van der Waals surface area (Å²) in [5.74, 6) is -1.47. The lowest BCUT2D eigenvalue weighted by Gasteiger charge is -2.25. The fraction of sp³-hybridized carbons (Fsp3) is 0.429. The number of amides is 3. The van der Waals surface area contributed by atoms with E-state index >= 15 is 0 Å². The maximum atomic E-state index is 12.8. The number of carbonyl (C=O) groups excluding carboxylic acids is 2. The number of urea groups is 1. The standard InChI is InChI=1S/C14H15ClN2O5S/c1-14(8-2-4-9(15)5-3-8)12(19)17(13(20)16-14)10-6-23(21,22)7-11(10)18/h2-5,10-11,18H,6-7H2,1H3,(H,16,20)/t10-,11-,14-/m0/s1. The average molecular weight is 359 g/mol. The molecule has 23 heavy (non-hydrogen) atoms. The average Bonchev–Trinajstić information content (AvgIpc) is 2.84. The lowest BCUT2D eigenvalue weighted by molar-refractivity contribution is -0.133. The molecule has 9 heteroatoms. The fourth-order valence-electron chi connectivity index (χ4n) is 3.00. The topological polar surface area (TPSA) is 104 Å². The van der Waals surface area contributed by atoms with Gasteiger partial charge in [0.2, 0.25) is 0 Å². The van der Waals surface area contributed by atoms with E-state index in [1.807, 2.05) is 0 Å². The van der Waals surface area contributed by atoms with Crippen LogP contribution in [0.15, 0.2) is 24.3 Å². The molecular formula is C14H15ClN2O5S. The Bertz CT molecular complexity index is 779. The number of benzene rings is 1. The number of rotatable bonds is 2. The Labute approximate surface area is 138 Å². The fourth-order valence-corrected chi connectivity index (χ4v) is 4.89. The van der Waals surface area contributed by atoms with Gasteiger partial charge >= 0.3 is 6.03 Å². The van der Waals surface area contributed by atoms with Crippen LogP contribution in [0.2, 0.25) is 5.02 Å². The summed E-state index contributed by atoms with van der Waals surface area (Å²) in [6, 6.07) is 4.64. The van der Waals surface area contributed by atoms with Gasteiger partial charge in [-0.05, 0) is 24.6 Å². The maximum Gasteiger partial charge on any atom is 0.325 e. The molecule has 3 rings (SSSR count). The van der Waals surface area contributed by atoms with Crippen molar-refractivity contribution in [2.75, 3.05) is 11.5 Å². The lowest BCUT2D eigenvalue weighted by atomic mass is 9.92. The van der Waals surface area contributed by atoms with Gasteiger partial charge in [0.05, 0.1) is 23.7 Å². The van der Waals surface area contributed by atoms with E-state index in [1.54, 1.807) is 24.3 Å². The van der Waals surface area contributed by atoms with Crippen LogP contribution < -0.4 is 5.32 Å². The van der Waals surface area contributed by atoms with Crippen molar-refractivity contribution >= 4 is 33.4 Å². The molecule has 0 bridgehead atoms. The molecule has 3 amide bonds. The minimum atomic E-state index is -3.48. The quantitative estimate of drug-likeness (QED) is 0.738. The minimum Gasteiger partial charge on any atom is -0.390 e. The smallest absolute Gasteiger partial charge is 0.325 e. The summed E-state index contributed by atoms with van der Waals surface area (Å²) in [4.78, 5) is 25.8. The molecule has 0 unspecified atom stereocenters. The molecule has 2 aliphatic rings. The van der Waals surface area contributed by atoms with Gasteiger partial charge in [-0.15, -0.1) is 0 Å². The molecule has 2 aliphatic heterocycles. The Balaban J connectivity index is 1.95. The number of aliphatic hydroxyl groups is 1. The molecule has 0 spiro atoms. The molecule has 7 nitrogen and oxygen atoms in total. The molecule has 0 radical (unpaired) electrons. The third kappa shape index (κ3) is 2.60. The van der Waals surface area contributed by atoms with Crippen molar-refractivity contribution in [2.24, 2.45) is 0 Å². The first-order valence-electron chi connectivity index (χ1n) is 6.94. The van der Waals surface area contributed by atoms with E-state index in [9.17, 15) is 23.1 Å². The highest BCUT2D eigenvalue weighted by atomic mass is 35.5. The largest absolute Gasteiger partial charge is 0.390 e. The molecule has 0 saturated carbocycles. The van der Waals surface area contributed by atoms with E-state index in [0.717, 1.165) is 4.90 Å². The zero-order valence-electron chi connectivity index (χ0n) is 12.2. The highest BCUT2D eigenvalue weighted by molar-refractivity contribution is 7.91. The number of hydrogen-bond donors (Lipinski definition) is 2. The van der Waals surface area contributed by atoms with Crippen molar-refractivity contribution in [3.05, 3.63) is 34.9 Å². The maximum absolute atomic E-state index is 12.8. The van der Waals surface area contributed by atoms with Crippen molar-refractivity contribution in [1.82, 2.24) is 10.2 Å². The first-order valence-corrected chi connectivity index (χ1v) is 9.14. The van der Waals surface area contributed by atoms with Crippen molar-refractivity contribution in [3.63, 3.8) is 0 Å². The zero-order chi connectivity index (χ0) is 17.0. The lowest BCUT2D eigenvalue weighted by Crippen LogP contribution is -2.48. The monoisotopic (exact) mass is 358 g/mol. The number of halogens is 1. The Morgan fingerprint density at radius 2 is 1.87 bits per heavy atom. The van der Waals surface area contributed by atoms with Gasteiger partial charge in [0, 0.05) is 5.02 Å². The van der Waals surface area contributed by atoms with E-state index in [4.69, 9.17) is 11.6 Å². The molecule has 124 valence electrons. The van der Waals surface area contributed by atoms with E-state index in [1.165, 1.54) is 6.92 Å². The van der Waals surface area contributed by atoms with Gasteiger partial charge in [0.15, 0.2) is 9.84 Å². The molecule has 1 aromatic carbocycles. The molecular weight excluding hydrogens is 344 g/mol. The summed E-state index contributed by atoms with van der Waals surface area (Å²) in [5.41, 5.74) is -0.800. The third-order valence-corrected chi connectivity index (χ3v) is 6.22. The van der Waals surface area contributed by atoms with Crippen molar-refractivity contribution in [3.8, 4) is 0 Å². The summed E-state index contributed by atoms with van der Waals surface area (Å²) in [6.07, 6.45) is -1.28. The molecule has 2 heterocycles. The highest BCUT2D eigenvalue weighted by Gasteiger charge is 2.55. The van der Waals surface area contributed by atoms with Crippen LogP contribution in [0, 0.1) is 0 Å². The normalized spacial score (nSPS) is 33.1. The van der Waals surface area contributed by atoms with Crippen LogP contribution in [-0.2, 0) is 20.2 Å². The van der Waals surface area contributed by atoms with Crippen LogP contribution in [0.4, 0.5) is 4.79 Å². The Morgan fingerprint density at radius 3 is 2.39 bits per heavy atom. The van der Waals surface area contributed by atoms with Gasteiger partial charge in [-0.25, -0.2) is 13.2 Å². The Kier molecular flexibility index (Phi) is 3.66. The number of imide groups is 1. The second-order valence-electron chi connectivity index (χ2n) is 5.95. The van der Waals surface area contributed by atoms with Gasteiger partial charge in [-0.2, -0.15) is 0 Å². The number of carbonyl (C=O) groups is 2. The van der Waals surface area contributed by atoms with Crippen LogP contribution >= 0.6 is 11.6 Å². The van der Waals surface area contributed by atoms with E-state index < -0.39 is 51.0 Å². The summed E-state index contributed by atoms with van der Waals surface area (Å²) in [6.45, 7) is 1.53. The van der Waals surface area contributed by atoms with Crippen LogP contribution in [0.1, 0.15) is 12.5 Å². The second kappa shape index (κ2) is 5.19. The van der Waals surface area contributed by atoms with Gasteiger partial charge in [0.1, 0.15) is 5.54 Å². The Hall–Kier alpha value is -1.64. The first kappa shape index (κ1) is 16.2. The molecule has 2 N–H and O–H groups in total. The first-order chi connectivity index (χ1) is 10.6. The van der Waals surface area contributed by atoms with Crippen molar-refractivity contribution in [2.45, 2.75) is 24.6 Å². The van der Waals surface area contributed by atoms with E-state index in [-0.39, 0.29) is 0 Å². The van der Waals surface area contributed by atoms with E-state index in [2.05, 4.69) is 5.32 Å². The van der Waals surface area contributed by atoms with Gasteiger partial charge in [-0.3, -0.25) is 9.69 Å². The third-order valence-electron chi connectivity index (χ3n) is 4.27. The molecule has 3 atom stereocenters. The van der Waals surface area contributed by atoms with E-state index in [0.29, 0.717) is 10.6 Å². The summed E-state index contributed by atoms with van der Waals surface area (Å²) < 4.78 is 23.3. The van der Waals surface area contributed by atoms with Gasteiger partial charge < -0.3 is 10.4 Å². The predicted octanol–water partition coefficient (Wildman–Crippen LogP) is 0.265. The summed E-state index contributed by atoms with van der Waals surface area (Å²) in [7, 11) is -3.48. The molecule has 1 aromatic rings. The number of nitrogens with one attached hydrogen (secondary N) is 1. The SMILES string of the molecule is C[C@@]1(c2ccc(Cl)cc2)NC(=O)N([C@H]2CS(=O)(=O)C[C@@H]2O)C1=O. The van der Waals surface area contributed by atoms with Crippen LogP contribution in [-0.4, -0.2) is 54.0 Å². The van der Waals surface area contributed by atoms with Crippen molar-refractivity contribution in [1.29, 1.82) is 0 Å². The van der Waals surface area contributed by atoms with Gasteiger partial charge in [-0.1, -0.05) is 23.7 Å². The number of aliphatic hydroxyl groups excluding tert-OH is 1. The van der Waals surface area contributed by atoms with Crippen molar-refractivity contribution < 1.29 is 23.1 Å². The zero-order valence-corrected chi connectivity index (χ0v) is 13.8. The van der Waals surface area contributed by atoms with Crippen LogP contribution in [0.5, 0.6) is 0 Å². The minimum absolute atomic E-state index is 0.427. The van der Waals surface area contributed by atoms with Gasteiger partial charge in [0.25, 0.3) is 5.91 Å². The number of sulfone groups is 1. The second-order valence-corrected chi connectivity index (χ2v) is 8.54.